The van der Waals surface area contributed by atoms with Crippen LogP contribution in [-0.2, 0) is 42.9 Å². The summed E-state index contributed by atoms with van der Waals surface area (Å²) < 4.78 is 25.5. The van der Waals surface area contributed by atoms with Crippen LogP contribution in [0.2, 0.25) is 0 Å². The first-order valence-corrected chi connectivity index (χ1v) is 7.81. The van der Waals surface area contributed by atoms with Gasteiger partial charge >= 0.3 is 23.9 Å². The van der Waals surface area contributed by atoms with Gasteiger partial charge in [0.2, 0.25) is 0 Å². The Morgan fingerprint density at radius 1 is 0.640 bits per heavy atom. The van der Waals surface area contributed by atoms with Crippen molar-refractivity contribution in [2.24, 2.45) is 21.7 Å². The van der Waals surface area contributed by atoms with Crippen LogP contribution in [0.3, 0.4) is 0 Å². The summed E-state index contributed by atoms with van der Waals surface area (Å²) in [5, 5.41) is 0. The highest BCUT2D eigenvalue weighted by Crippen LogP contribution is 2.93. The van der Waals surface area contributed by atoms with E-state index < -0.39 is 57.7 Å². The fourth-order valence-electron chi connectivity index (χ4n) is 5.71. The van der Waals surface area contributed by atoms with Gasteiger partial charge in [-0.3, -0.25) is 19.2 Å². The summed E-state index contributed by atoms with van der Waals surface area (Å²) in [5.74, 6) is -2.61. The molecule has 4 aliphatic rings. The molecule has 2 bridgehead atoms. The first kappa shape index (κ1) is 16.3. The van der Waals surface area contributed by atoms with Crippen molar-refractivity contribution in [3.05, 3.63) is 0 Å². The van der Waals surface area contributed by atoms with Crippen LogP contribution in [0.1, 0.15) is 12.8 Å². The van der Waals surface area contributed by atoms with E-state index in [1.165, 1.54) is 28.4 Å². The summed E-state index contributed by atoms with van der Waals surface area (Å²) in [6, 6.07) is 0. The van der Waals surface area contributed by atoms with Crippen LogP contribution >= 0.6 is 0 Å². The number of esters is 4. The monoisotopic (exact) mass is 354 g/mol. The zero-order chi connectivity index (χ0) is 18.4. The molecule has 0 aromatic heterocycles. The minimum Gasteiger partial charge on any atom is -0.468 e. The highest BCUT2D eigenvalue weighted by atomic mass is 16.6. The topological polar surface area (TPSA) is 114 Å². The first-order chi connectivity index (χ1) is 11.8. The van der Waals surface area contributed by atoms with E-state index in [1.807, 2.05) is 0 Å². The number of carbonyl (C=O) groups is 4. The smallest absolute Gasteiger partial charge is 0.315 e. The summed E-state index contributed by atoms with van der Waals surface area (Å²) >= 11 is 0. The fraction of sp³-hybridized carbons (Fsp3) is 0.750. The van der Waals surface area contributed by atoms with Crippen LogP contribution < -0.4 is 0 Å². The Kier molecular flexibility index (Phi) is 2.82. The first-order valence-electron chi connectivity index (χ1n) is 7.81. The van der Waals surface area contributed by atoms with E-state index in [1.54, 1.807) is 0 Å². The number of hydrogen-bond acceptors (Lipinski definition) is 9. The van der Waals surface area contributed by atoms with Gasteiger partial charge in [0.05, 0.1) is 40.6 Å². The van der Waals surface area contributed by atoms with E-state index in [0.29, 0.717) is 0 Å². The zero-order valence-corrected chi connectivity index (χ0v) is 14.2. The van der Waals surface area contributed by atoms with E-state index in [4.69, 9.17) is 23.7 Å². The minimum atomic E-state index is -1.35. The summed E-state index contributed by atoms with van der Waals surface area (Å²) in [6.45, 7) is 0. The molecule has 0 N–H and O–H groups in total. The molecule has 0 aromatic carbocycles. The molecule has 9 nitrogen and oxygen atoms in total. The van der Waals surface area contributed by atoms with Crippen molar-refractivity contribution in [2.45, 2.75) is 25.0 Å². The van der Waals surface area contributed by atoms with E-state index in [2.05, 4.69) is 0 Å². The maximum atomic E-state index is 12.6. The second kappa shape index (κ2) is 4.32. The normalized spacial score (nSPS) is 47.2. The van der Waals surface area contributed by atoms with Gasteiger partial charge in [-0.1, -0.05) is 0 Å². The van der Waals surface area contributed by atoms with Gasteiger partial charge in [0.15, 0.2) is 0 Å². The molecule has 2 saturated heterocycles. The largest absolute Gasteiger partial charge is 0.468 e. The third kappa shape index (κ3) is 1.22. The standard InChI is InChI=1S/C16H18O9/c1-21-9(17)13-5-14(13,10(18)22-2)8-16(12(20)24-4)6-15(16,7(13)25-8)11(19)23-3/h7-8H,5-6H2,1-4H3/t7?,8?,13-,14+,15+,16-. The maximum Gasteiger partial charge on any atom is 0.315 e. The average molecular weight is 354 g/mol. The second-order valence-electron chi connectivity index (χ2n) is 7.10. The van der Waals surface area contributed by atoms with Crippen LogP contribution in [0.25, 0.3) is 0 Å². The molecule has 2 unspecified atom stereocenters. The second-order valence-corrected chi connectivity index (χ2v) is 7.10. The van der Waals surface area contributed by atoms with Gasteiger partial charge in [0.1, 0.15) is 21.7 Å². The predicted molar refractivity (Wildman–Crippen MR) is 75.7 cm³/mol. The van der Waals surface area contributed by atoms with Crippen molar-refractivity contribution in [3.63, 3.8) is 0 Å². The SMILES string of the molecule is COC(=O)[C@]12C[C@@]1(C(=O)OC)C1OC2[C@]2(C(=O)OC)C[C@]12C(=O)OC. The van der Waals surface area contributed by atoms with E-state index in [-0.39, 0.29) is 12.8 Å². The molecule has 2 aliphatic carbocycles. The van der Waals surface area contributed by atoms with E-state index >= 15 is 0 Å². The Balaban J connectivity index is 1.91. The lowest BCUT2D eigenvalue weighted by atomic mass is 9.68. The molecular weight excluding hydrogens is 336 g/mol. The maximum absolute atomic E-state index is 12.6. The Bertz CT molecular complexity index is 615. The van der Waals surface area contributed by atoms with Crippen LogP contribution in [-0.4, -0.2) is 64.5 Å². The molecule has 0 radical (unpaired) electrons. The van der Waals surface area contributed by atoms with Gasteiger partial charge in [-0.25, -0.2) is 0 Å². The van der Waals surface area contributed by atoms with Gasteiger partial charge in [-0.15, -0.1) is 0 Å². The molecule has 136 valence electrons. The number of methoxy groups -OCH3 is 4. The summed E-state index contributed by atoms with van der Waals surface area (Å²) in [5.41, 5.74) is -5.38. The molecule has 0 spiro atoms. The number of hydrogen-bond donors (Lipinski definition) is 0. The molecule has 4 rings (SSSR count). The van der Waals surface area contributed by atoms with E-state index in [9.17, 15) is 19.2 Å². The molecule has 2 heterocycles. The lowest BCUT2D eigenvalue weighted by Gasteiger charge is -2.31. The number of rotatable bonds is 4. The van der Waals surface area contributed by atoms with Crippen LogP contribution in [0.4, 0.5) is 0 Å². The van der Waals surface area contributed by atoms with Crippen molar-refractivity contribution in [1.82, 2.24) is 0 Å². The molecule has 6 atom stereocenters. The fourth-order valence-corrected chi connectivity index (χ4v) is 5.71. The number of carbonyl (C=O) groups excluding carboxylic acids is 4. The van der Waals surface area contributed by atoms with Gasteiger partial charge in [-0.2, -0.15) is 0 Å². The van der Waals surface area contributed by atoms with Gasteiger partial charge in [-0.05, 0) is 12.8 Å². The number of ether oxygens (including phenoxy) is 5. The molecule has 0 amide bonds. The Hall–Kier alpha value is -2.16. The van der Waals surface area contributed by atoms with E-state index in [0.717, 1.165) is 0 Å². The van der Waals surface area contributed by atoms with Crippen molar-refractivity contribution >= 4 is 23.9 Å². The molecular formula is C16H18O9. The quantitative estimate of drug-likeness (QED) is 0.473. The number of fused-ring (bicyclic) bond motifs is 8. The van der Waals surface area contributed by atoms with Crippen molar-refractivity contribution in [3.8, 4) is 0 Å². The average Bonchev–Trinajstić information content (AvgIpc) is 3.50. The van der Waals surface area contributed by atoms with Gasteiger partial charge in [0, 0.05) is 0 Å². The Morgan fingerprint density at radius 3 is 1.08 bits per heavy atom. The van der Waals surface area contributed by atoms with Crippen LogP contribution in [0.5, 0.6) is 0 Å². The Morgan fingerprint density at radius 2 is 0.880 bits per heavy atom. The third-order valence-corrected chi connectivity index (χ3v) is 6.72. The molecule has 25 heavy (non-hydrogen) atoms. The molecule has 9 heteroatoms. The highest BCUT2D eigenvalue weighted by Gasteiger charge is 3.06. The predicted octanol–water partition coefficient (Wildman–Crippen LogP) is -0.788. The van der Waals surface area contributed by atoms with Crippen LogP contribution in [0.15, 0.2) is 0 Å². The zero-order valence-electron chi connectivity index (χ0n) is 14.2. The molecule has 2 aliphatic heterocycles. The summed E-state index contributed by atoms with van der Waals surface area (Å²) in [6.07, 6.45) is -1.79. The van der Waals surface area contributed by atoms with Crippen molar-refractivity contribution < 1.29 is 42.9 Å². The third-order valence-electron chi connectivity index (χ3n) is 6.72. The van der Waals surface area contributed by atoms with Gasteiger partial charge in [0.25, 0.3) is 0 Å². The lowest BCUT2D eigenvalue weighted by Crippen LogP contribution is -2.52. The molecule has 0 aromatic rings. The summed E-state index contributed by atoms with van der Waals surface area (Å²) in [4.78, 5) is 50.3. The Labute approximate surface area is 142 Å². The molecule has 4 fully saturated rings. The van der Waals surface area contributed by atoms with Gasteiger partial charge < -0.3 is 23.7 Å². The minimum absolute atomic E-state index is 0.103. The molecule has 2 saturated carbocycles. The van der Waals surface area contributed by atoms with Crippen molar-refractivity contribution in [1.29, 1.82) is 0 Å². The highest BCUT2D eigenvalue weighted by molar-refractivity contribution is 6.05. The summed E-state index contributed by atoms with van der Waals surface area (Å²) in [7, 11) is 4.81. The van der Waals surface area contributed by atoms with Crippen molar-refractivity contribution in [2.75, 3.05) is 28.4 Å². The van der Waals surface area contributed by atoms with Crippen LogP contribution in [0, 0.1) is 21.7 Å². The lowest BCUT2D eigenvalue weighted by molar-refractivity contribution is -0.168.